The second-order valence-corrected chi connectivity index (χ2v) is 5.26. The predicted molar refractivity (Wildman–Crippen MR) is 67.9 cm³/mol. The Bertz CT molecular complexity index is 359. The van der Waals surface area contributed by atoms with E-state index in [-0.39, 0.29) is 6.10 Å². The number of aliphatic hydroxyl groups excluding tert-OH is 1. The van der Waals surface area contributed by atoms with E-state index in [0.717, 1.165) is 43.9 Å². The second kappa shape index (κ2) is 5.69. The van der Waals surface area contributed by atoms with Crippen molar-refractivity contribution in [1.82, 2.24) is 5.32 Å². The van der Waals surface area contributed by atoms with Crippen LogP contribution >= 0.6 is 0 Å². The summed E-state index contributed by atoms with van der Waals surface area (Å²) in [4.78, 5) is 0. The predicted octanol–water partition coefficient (Wildman–Crippen LogP) is 2.54. The van der Waals surface area contributed by atoms with Crippen molar-refractivity contribution < 1.29 is 9.52 Å². The zero-order valence-electron chi connectivity index (χ0n) is 10.8. The fraction of sp³-hybridized carbons (Fsp3) is 0.714. The van der Waals surface area contributed by atoms with Crippen molar-refractivity contribution in [2.75, 3.05) is 6.54 Å². The molecule has 1 heterocycles. The molecule has 1 aromatic rings. The molecule has 0 radical (unpaired) electrons. The summed E-state index contributed by atoms with van der Waals surface area (Å²) in [5.41, 5.74) is 1.25. The van der Waals surface area contributed by atoms with Crippen LogP contribution in [0.25, 0.3) is 0 Å². The molecule has 2 rings (SSSR count). The number of rotatable bonds is 4. The van der Waals surface area contributed by atoms with Crippen molar-refractivity contribution in [1.29, 1.82) is 0 Å². The molecule has 1 aliphatic rings. The molecular weight excluding hydrogens is 214 g/mol. The highest BCUT2D eigenvalue weighted by molar-refractivity contribution is 5.19. The molecule has 1 aliphatic carbocycles. The smallest absolute Gasteiger partial charge is 0.105 e. The minimum Gasteiger partial charge on any atom is -0.466 e. The molecule has 96 valence electrons. The van der Waals surface area contributed by atoms with Gasteiger partial charge in [-0.15, -0.1) is 0 Å². The number of aliphatic hydroxyl groups is 1. The minimum absolute atomic E-state index is 0.0755. The van der Waals surface area contributed by atoms with Gasteiger partial charge in [-0.2, -0.15) is 0 Å². The maximum atomic E-state index is 9.60. The standard InChI is InChI=1S/C14H23NO2/c1-10-6-13(11(2)17-10)9-15-8-12-4-3-5-14(16)7-12/h6,12,14-16H,3-5,7-9H2,1-2H3. The highest BCUT2D eigenvalue weighted by Crippen LogP contribution is 2.23. The third-order valence-electron chi connectivity index (χ3n) is 3.65. The first kappa shape index (κ1) is 12.7. The summed E-state index contributed by atoms with van der Waals surface area (Å²) >= 11 is 0. The van der Waals surface area contributed by atoms with Crippen LogP contribution in [-0.2, 0) is 6.54 Å². The lowest BCUT2D eigenvalue weighted by atomic mass is 9.87. The normalized spacial score (nSPS) is 25.1. The van der Waals surface area contributed by atoms with E-state index in [1.165, 1.54) is 12.0 Å². The number of furan rings is 1. The molecule has 2 N–H and O–H groups in total. The Morgan fingerprint density at radius 2 is 2.24 bits per heavy atom. The lowest BCUT2D eigenvalue weighted by Crippen LogP contribution is -2.28. The number of hydrogen-bond acceptors (Lipinski definition) is 3. The van der Waals surface area contributed by atoms with Gasteiger partial charge in [0.1, 0.15) is 11.5 Å². The van der Waals surface area contributed by atoms with Crippen LogP contribution in [0.15, 0.2) is 10.5 Å². The van der Waals surface area contributed by atoms with Crippen molar-refractivity contribution >= 4 is 0 Å². The van der Waals surface area contributed by atoms with Crippen LogP contribution in [0.2, 0.25) is 0 Å². The quantitative estimate of drug-likeness (QED) is 0.846. The lowest BCUT2D eigenvalue weighted by molar-refractivity contribution is 0.101. The van der Waals surface area contributed by atoms with Gasteiger partial charge in [0, 0.05) is 12.1 Å². The average molecular weight is 237 g/mol. The zero-order chi connectivity index (χ0) is 12.3. The van der Waals surface area contributed by atoms with Gasteiger partial charge < -0.3 is 14.8 Å². The maximum absolute atomic E-state index is 9.60. The molecule has 3 nitrogen and oxygen atoms in total. The fourth-order valence-electron chi connectivity index (χ4n) is 2.72. The molecule has 0 spiro atoms. The molecule has 0 aromatic carbocycles. The van der Waals surface area contributed by atoms with E-state index >= 15 is 0 Å². The van der Waals surface area contributed by atoms with Crippen molar-refractivity contribution in [2.45, 2.75) is 52.2 Å². The van der Waals surface area contributed by atoms with E-state index in [1.807, 2.05) is 13.8 Å². The Balaban J connectivity index is 1.74. The van der Waals surface area contributed by atoms with E-state index in [0.29, 0.717) is 5.92 Å². The summed E-state index contributed by atoms with van der Waals surface area (Å²) in [6.45, 7) is 5.86. The molecule has 0 bridgehead atoms. The van der Waals surface area contributed by atoms with Crippen molar-refractivity contribution in [3.05, 3.63) is 23.2 Å². The summed E-state index contributed by atoms with van der Waals surface area (Å²) in [5, 5.41) is 13.1. The number of nitrogens with one attached hydrogen (secondary N) is 1. The molecule has 17 heavy (non-hydrogen) atoms. The summed E-state index contributed by atoms with van der Waals surface area (Å²) in [6.07, 6.45) is 4.27. The average Bonchev–Trinajstić information content (AvgIpc) is 2.58. The van der Waals surface area contributed by atoms with E-state index < -0.39 is 0 Å². The molecule has 1 aromatic heterocycles. The van der Waals surface area contributed by atoms with Crippen LogP contribution in [0.4, 0.5) is 0 Å². The number of hydrogen-bond donors (Lipinski definition) is 2. The number of aryl methyl sites for hydroxylation is 2. The van der Waals surface area contributed by atoms with Gasteiger partial charge in [0.2, 0.25) is 0 Å². The van der Waals surface area contributed by atoms with Gasteiger partial charge in [-0.3, -0.25) is 0 Å². The van der Waals surface area contributed by atoms with Crippen LogP contribution in [0.3, 0.4) is 0 Å². The largest absolute Gasteiger partial charge is 0.466 e. The van der Waals surface area contributed by atoms with Gasteiger partial charge >= 0.3 is 0 Å². The van der Waals surface area contributed by atoms with Gasteiger partial charge in [0.25, 0.3) is 0 Å². The van der Waals surface area contributed by atoms with Crippen molar-refractivity contribution in [3.8, 4) is 0 Å². The van der Waals surface area contributed by atoms with Crippen LogP contribution < -0.4 is 5.32 Å². The van der Waals surface area contributed by atoms with Gasteiger partial charge in [0.15, 0.2) is 0 Å². The molecule has 0 saturated heterocycles. The first-order valence-electron chi connectivity index (χ1n) is 6.60. The zero-order valence-corrected chi connectivity index (χ0v) is 10.8. The Morgan fingerprint density at radius 3 is 2.88 bits per heavy atom. The SMILES string of the molecule is Cc1cc(CNCC2CCCC(O)C2)c(C)o1. The molecule has 3 heteroatoms. The van der Waals surface area contributed by atoms with Crippen molar-refractivity contribution in [2.24, 2.45) is 5.92 Å². The summed E-state index contributed by atoms with van der Waals surface area (Å²) in [6, 6.07) is 2.10. The molecule has 2 unspecified atom stereocenters. The molecule has 0 amide bonds. The fourth-order valence-corrected chi connectivity index (χ4v) is 2.72. The van der Waals surface area contributed by atoms with Crippen LogP contribution in [-0.4, -0.2) is 17.8 Å². The van der Waals surface area contributed by atoms with Crippen LogP contribution in [0.5, 0.6) is 0 Å². The van der Waals surface area contributed by atoms with Gasteiger partial charge in [-0.05, 0) is 51.6 Å². The maximum Gasteiger partial charge on any atom is 0.105 e. The van der Waals surface area contributed by atoms with E-state index in [1.54, 1.807) is 0 Å². The highest BCUT2D eigenvalue weighted by atomic mass is 16.3. The first-order valence-corrected chi connectivity index (χ1v) is 6.60. The molecule has 0 aliphatic heterocycles. The van der Waals surface area contributed by atoms with Crippen molar-refractivity contribution in [3.63, 3.8) is 0 Å². The van der Waals surface area contributed by atoms with E-state index in [2.05, 4.69) is 11.4 Å². The van der Waals surface area contributed by atoms with E-state index in [9.17, 15) is 5.11 Å². The molecule has 2 atom stereocenters. The van der Waals surface area contributed by atoms with E-state index in [4.69, 9.17) is 4.42 Å². The Kier molecular flexibility index (Phi) is 4.24. The monoisotopic (exact) mass is 237 g/mol. The molecule has 1 saturated carbocycles. The third-order valence-corrected chi connectivity index (χ3v) is 3.65. The van der Waals surface area contributed by atoms with Gasteiger partial charge in [-0.1, -0.05) is 6.42 Å². The molecular formula is C14H23NO2. The van der Waals surface area contributed by atoms with Gasteiger partial charge in [-0.25, -0.2) is 0 Å². The topological polar surface area (TPSA) is 45.4 Å². The first-order chi connectivity index (χ1) is 8.15. The highest BCUT2D eigenvalue weighted by Gasteiger charge is 2.19. The Morgan fingerprint density at radius 1 is 1.41 bits per heavy atom. The summed E-state index contributed by atoms with van der Waals surface area (Å²) < 4.78 is 5.49. The minimum atomic E-state index is -0.0755. The second-order valence-electron chi connectivity index (χ2n) is 5.26. The Labute approximate surface area is 103 Å². The lowest BCUT2D eigenvalue weighted by Gasteiger charge is -2.25. The van der Waals surface area contributed by atoms with Gasteiger partial charge in [0.05, 0.1) is 6.10 Å². The summed E-state index contributed by atoms with van der Waals surface area (Å²) in [7, 11) is 0. The Hall–Kier alpha value is -0.800. The van der Waals surface area contributed by atoms with Crippen LogP contribution in [0.1, 0.15) is 42.8 Å². The van der Waals surface area contributed by atoms with Crippen LogP contribution in [0, 0.1) is 19.8 Å². The summed E-state index contributed by atoms with van der Waals surface area (Å²) in [5.74, 6) is 2.62. The molecule has 1 fully saturated rings. The third kappa shape index (κ3) is 3.58.